The van der Waals surface area contributed by atoms with Gasteiger partial charge in [-0.15, -0.1) is 5.26 Å². The van der Waals surface area contributed by atoms with Crippen LogP contribution in [0.3, 0.4) is 0 Å². The van der Waals surface area contributed by atoms with Crippen molar-refractivity contribution in [2.24, 2.45) is 4.99 Å². The summed E-state index contributed by atoms with van der Waals surface area (Å²) in [6.07, 6.45) is 3.10. The van der Waals surface area contributed by atoms with Crippen molar-refractivity contribution in [3.63, 3.8) is 0 Å². The number of benzene rings is 3. The fraction of sp³-hybridized carbons (Fsp3) is 0. The Morgan fingerprint density at radius 1 is 0.808 bits per heavy atom. The molecule has 0 aliphatic carbocycles. The molecule has 0 aliphatic heterocycles. The fourth-order valence-corrected chi connectivity index (χ4v) is 5.28. The molecule has 0 saturated heterocycles. The van der Waals surface area contributed by atoms with Crippen LogP contribution in [0.1, 0.15) is 0 Å². The van der Waals surface area contributed by atoms with Crippen LogP contribution < -0.4 is 20.7 Å². The van der Waals surface area contributed by atoms with Crippen molar-refractivity contribution in [1.82, 2.24) is 0 Å². The topological polar surface area (TPSA) is 79.5 Å². The lowest BCUT2D eigenvalue weighted by Gasteiger charge is -2.20. The molecule has 3 rings (SSSR count). The van der Waals surface area contributed by atoms with Crippen molar-refractivity contribution in [2.75, 3.05) is 0 Å². The van der Waals surface area contributed by atoms with Crippen LogP contribution in [0.2, 0.25) is 0 Å². The molecule has 0 aliphatic rings. The van der Waals surface area contributed by atoms with E-state index in [0.29, 0.717) is 27.4 Å². The summed E-state index contributed by atoms with van der Waals surface area (Å²) in [6, 6.07) is 22.4. The molecule has 0 N–H and O–H groups in total. The monoisotopic (exact) mass is 360 g/mol. The van der Waals surface area contributed by atoms with Crippen molar-refractivity contribution in [1.29, 1.82) is 5.26 Å². The zero-order valence-electron chi connectivity index (χ0n) is 13.6. The van der Waals surface area contributed by atoms with Crippen LogP contribution in [0.25, 0.3) is 0 Å². The molecule has 0 aromatic heterocycles. The zero-order chi connectivity index (χ0) is 18.4. The number of rotatable bonds is 5. The summed E-state index contributed by atoms with van der Waals surface area (Å²) in [5.41, 5.74) is 0.445. The fourth-order valence-electron chi connectivity index (χ4n) is 2.65. The van der Waals surface area contributed by atoms with Gasteiger partial charge in [-0.1, -0.05) is 30.3 Å². The minimum atomic E-state index is -3.13. The maximum Gasteiger partial charge on any atom is 0.292 e. The predicted octanol–water partition coefficient (Wildman–Crippen LogP) is 3.15. The highest BCUT2D eigenvalue weighted by Gasteiger charge is 2.29. The van der Waals surface area contributed by atoms with Crippen LogP contribution in [0.4, 0.5) is 5.69 Å². The van der Waals surface area contributed by atoms with Gasteiger partial charge in [-0.05, 0) is 48.5 Å². The van der Waals surface area contributed by atoms with Crippen LogP contribution in [-0.2, 0) is 9.36 Å². The van der Waals surface area contributed by atoms with Gasteiger partial charge in [0.25, 0.3) is 6.26 Å². The van der Waals surface area contributed by atoms with E-state index in [1.54, 1.807) is 54.8 Å². The number of aliphatic imine (C=N–C) groups is 1. The average molecular weight is 360 g/mol. The van der Waals surface area contributed by atoms with Gasteiger partial charge in [0, 0.05) is 15.9 Å². The third kappa shape index (κ3) is 3.34. The average Bonchev–Trinajstić information content (AvgIpc) is 2.70. The Hall–Kier alpha value is -3.44. The van der Waals surface area contributed by atoms with Crippen LogP contribution in [0, 0.1) is 11.5 Å². The minimum Gasteiger partial charge on any atom is -0.388 e. The maximum absolute atomic E-state index is 14.1. The molecule has 6 heteroatoms. The maximum atomic E-state index is 14.1. The Bertz CT molecular complexity index is 1030. The molecule has 0 heterocycles. The largest absolute Gasteiger partial charge is 0.388 e. The van der Waals surface area contributed by atoms with E-state index >= 15 is 0 Å². The van der Waals surface area contributed by atoms with Gasteiger partial charge in [0.15, 0.2) is 7.14 Å². The van der Waals surface area contributed by atoms with Gasteiger partial charge >= 0.3 is 0 Å². The van der Waals surface area contributed by atoms with E-state index in [0.717, 1.165) is 0 Å². The number of hydrogen-bond donors (Lipinski definition) is 0. The summed E-state index contributed by atoms with van der Waals surface area (Å²) < 4.78 is 18.9. The molecule has 3 aromatic carbocycles. The second kappa shape index (κ2) is 7.63. The normalized spacial score (nSPS) is 12.3. The smallest absolute Gasteiger partial charge is 0.292 e. The lowest BCUT2D eigenvalue weighted by atomic mass is 10.3. The van der Waals surface area contributed by atoms with Gasteiger partial charge in [-0.25, -0.2) is 4.79 Å². The van der Waals surface area contributed by atoms with E-state index in [9.17, 15) is 9.36 Å². The van der Waals surface area contributed by atoms with E-state index < -0.39 is 7.14 Å². The first-order chi connectivity index (χ1) is 12.7. The van der Waals surface area contributed by atoms with E-state index in [2.05, 4.69) is 4.99 Å². The standard InChI is InChI=1S/C20H13N2O3P/c21-14-25-17-8-12-20(13-9-17)26(24,18-4-2-1-3-5-18)19-10-6-16(7-11-19)22-15-23/h1-13H. The lowest BCUT2D eigenvalue weighted by Crippen LogP contribution is -2.24. The van der Waals surface area contributed by atoms with Crippen LogP contribution in [0.5, 0.6) is 5.75 Å². The summed E-state index contributed by atoms with van der Waals surface area (Å²) in [5, 5.41) is 10.5. The molecule has 26 heavy (non-hydrogen) atoms. The van der Waals surface area contributed by atoms with Crippen LogP contribution in [-0.4, -0.2) is 6.08 Å². The van der Waals surface area contributed by atoms with E-state index in [-0.39, 0.29) is 0 Å². The molecule has 0 amide bonds. The number of ether oxygens (including phenoxy) is 1. The SMILES string of the molecule is N#COc1ccc(P(=O)(c2ccccc2)c2ccc(N=C=O)cc2)cc1. The number of hydrogen-bond acceptors (Lipinski definition) is 5. The Labute approximate surface area is 150 Å². The highest BCUT2D eigenvalue weighted by Crippen LogP contribution is 2.42. The van der Waals surface area contributed by atoms with Crippen molar-refractivity contribution >= 4 is 34.8 Å². The van der Waals surface area contributed by atoms with Gasteiger partial charge in [0.2, 0.25) is 6.08 Å². The summed E-state index contributed by atoms with van der Waals surface area (Å²) in [6.45, 7) is 0. The van der Waals surface area contributed by atoms with Crippen molar-refractivity contribution in [3.8, 4) is 12.0 Å². The van der Waals surface area contributed by atoms with Gasteiger partial charge in [-0.2, -0.15) is 4.99 Å². The molecule has 0 radical (unpaired) electrons. The second-order valence-electron chi connectivity index (χ2n) is 5.35. The Kier molecular flexibility index (Phi) is 5.10. The molecule has 126 valence electrons. The molecular weight excluding hydrogens is 347 g/mol. The summed E-state index contributed by atoms with van der Waals surface area (Å²) in [7, 11) is -3.13. The van der Waals surface area contributed by atoms with Crippen molar-refractivity contribution in [3.05, 3.63) is 78.9 Å². The molecule has 1 unspecified atom stereocenters. The summed E-state index contributed by atoms with van der Waals surface area (Å²) in [4.78, 5) is 14.0. The highest BCUT2D eigenvalue weighted by molar-refractivity contribution is 7.85. The molecule has 1 atom stereocenters. The molecule has 0 saturated carbocycles. The third-order valence-corrected chi connectivity index (χ3v) is 6.95. The first-order valence-electron chi connectivity index (χ1n) is 7.69. The Balaban J connectivity index is 2.15. The van der Waals surface area contributed by atoms with Crippen molar-refractivity contribution < 1.29 is 14.1 Å². The molecule has 0 fully saturated rings. The first kappa shape index (κ1) is 17.4. The quantitative estimate of drug-likeness (QED) is 0.303. The molecule has 0 bridgehead atoms. The van der Waals surface area contributed by atoms with Gasteiger partial charge in [0.05, 0.1) is 5.69 Å². The number of carbonyl (C=O) groups excluding carboxylic acids is 1. The lowest BCUT2D eigenvalue weighted by molar-refractivity contribution is 0.507. The number of isocyanates is 1. The Morgan fingerprint density at radius 3 is 1.88 bits per heavy atom. The second-order valence-corrected chi connectivity index (χ2v) is 8.12. The zero-order valence-corrected chi connectivity index (χ0v) is 14.5. The number of nitrogens with zero attached hydrogens (tertiary/aromatic N) is 2. The van der Waals surface area contributed by atoms with Gasteiger partial charge in [0.1, 0.15) is 5.75 Å². The number of nitriles is 1. The van der Waals surface area contributed by atoms with E-state index in [1.165, 1.54) is 6.08 Å². The van der Waals surface area contributed by atoms with E-state index in [1.807, 2.05) is 30.3 Å². The van der Waals surface area contributed by atoms with Crippen LogP contribution >= 0.6 is 7.14 Å². The minimum absolute atomic E-state index is 0.381. The molecule has 3 aromatic rings. The van der Waals surface area contributed by atoms with E-state index in [4.69, 9.17) is 10.00 Å². The van der Waals surface area contributed by atoms with Crippen molar-refractivity contribution in [2.45, 2.75) is 0 Å². The Morgan fingerprint density at radius 2 is 1.35 bits per heavy atom. The summed E-state index contributed by atoms with van der Waals surface area (Å²) >= 11 is 0. The summed E-state index contributed by atoms with van der Waals surface area (Å²) in [5.74, 6) is 0.381. The van der Waals surface area contributed by atoms with Gasteiger partial charge < -0.3 is 9.30 Å². The molecule has 5 nitrogen and oxygen atoms in total. The third-order valence-electron chi connectivity index (χ3n) is 3.87. The molecular formula is C20H13N2O3P. The predicted molar refractivity (Wildman–Crippen MR) is 99.9 cm³/mol. The van der Waals surface area contributed by atoms with Gasteiger partial charge in [-0.3, -0.25) is 0 Å². The van der Waals surface area contributed by atoms with Crippen LogP contribution in [0.15, 0.2) is 83.9 Å². The highest BCUT2D eigenvalue weighted by atomic mass is 31.2. The first-order valence-corrected chi connectivity index (χ1v) is 9.40. The molecule has 0 spiro atoms.